The van der Waals surface area contributed by atoms with Crippen LogP contribution in [-0.4, -0.2) is 44.5 Å². The van der Waals surface area contributed by atoms with Gasteiger partial charge in [0.2, 0.25) is 5.78 Å². The molecule has 28 heavy (non-hydrogen) atoms. The van der Waals surface area contributed by atoms with Gasteiger partial charge in [0, 0.05) is 6.07 Å². The molecule has 2 rings (SSSR count). The van der Waals surface area contributed by atoms with Gasteiger partial charge in [0.05, 0.1) is 26.0 Å². The number of carbonyl (C=O) groups is 3. The minimum atomic E-state index is -0.928. The number of Topliss-reactive ketones (excluding diaryl/α,β-unsaturated/α-hetero) is 1. The van der Waals surface area contributed by atoms with Crippen LogP contribution in [0.15, 0.2) is 41.0 Å². The maximum absolute atomic E-state index is 12.4. The van der Waals surface area contributed by atoms with Crippen molar-refractivity contribution in [1.82, 2.24) is 5.32 Å². The molecule has 0 bridgehead atoms. The molecule has 0 unspecified atom stereocenters. The third-order valence-electron chi connectivity index (χ3n) is 4.01. The molecule has 0 fully saturated rings. The molecule has 2 aromatic rings. The number of methoxy groups -OCH3 is 2. The predicted molar refractivity (Wildman–Crippen MR) is 99.6 cm³/mol. The van der Waals surface area contributed by atoms with E-state index < -0.39 is 30.3 Å². The van der Waals surface area contributed by atoms with Crippen molar-refractivity contribution in [2.24, 2.45) is 5.92 Å². The van der Waals surface area contributed by atoms with Crippen molar-refractivity contribution in [2.45, 2.75) is 19.9 Å². The summed E-state index contributed by atoms with van der Waals surface area (Å²) in [5.74, 6) is -1.01. The number of nitrogens with one attached hydrogen (secondary N) is 1. The van der Waals surface area contributed by atoms with Crippen molar-refractivity contribution >= 4 is 17.7 Å². The number of ketones is 1. The molecule has 8 nitrogen and oxygen atoms in total. The van der Waals surface area contributed by atoms with Gasteiger partial charge in [-0.1, -0.05) is 13.8 Å². The molecule has 0 saturated heterocycles. The third-order valence-corrected chi connectivity index (χ3v) is 4.01. The third kappa shape index (κ3) is 5.12. The lowest BCUT2D eigenvalue weighted by molar-refractivity contribution is -0.145. The van der Waals surface area contributed by atoms with Crippen molar-refractivity contribution in [2.75, 3.05) is 20.8 Å². The van der Waals surface area contributed by atoms with E-state index in [2.05, 4.69) is 5.32 Å². The van der Waals surface area contributed by atoms with E-state index in [0.717, 1.165) is 0 Å². The number of furan rings is 1. The second-order valence-corrected chi connectivity index (χ2v) is 6.27. The second kappa shape index (κ2) is 9.59. The van der Waals surface area contributed by atoms with E-state index >= 15 is 0 Å². The highest BCUT2D eigenvalue weighted by atomic mass is 16.5. The van der Waals surface area contributed by atoms with Crippen molar-refractivity contribution in [3.05, 3.63) is 47.9 Å². The number of rotatable bonds is 9. The van der Waals surface area contributed by atoms with Crippen LogP contribution in [0, 0.1) is 5.92 Å². The van der Waals surface area contributed by atoms with Gasteiger partial charge in [0.1, 0.15) is 17.5 Å². The largest absolute Gasteiger partial charge is 0.497 e. The molecule has 0 spiro atoms. The zero-order valence-electron chi connectivity index (χ0n) is 16.2. The van der Waals surface area contributed by atoms with E-state index in [0.29, 0.717) is 11.5 Å². The zero-order chi connectivity index (χ0) is 20.7. The number of hydrogen-bond acceptors (Lipinski definition) is 7. The highest BCUT2D eigenvalue weighted by Gasteiger charge is 2.28. The normalized spacial score (nSPS) is 11.6. The Bertz CT molecular complexity index is 827. The molecule has 1 aromatic heterocycles. The van der Waals surface area contributed by atoms with Crippen LogP contribution in [0.1, 0.15) is 34.8 Å². The van der Waals surface area contributed by atoms with E-state index in [1.54, 1.807) is 32.0 Å². The maximum atomic E-state index is 12.4. The van der Waals surface area contributed by atoms with Crippen LogP contribution in [0.3, 0.4) is 0 Å². The van der Waals surface area contributed by atoms with Crippen LogP contribution < -0.4 is 14.8 Å². The molecule has 1 aromatic carbocycles. The smallest absolute Gasteiger partial charge is 0.329 e. The Labute approximate surface area is 162 Å². The van der Waals surface area contributed by atoms with Crippen molar-refractivity contribution in [3.63, 3.8) is 0 Å². The lowest BCUT2D eigenvalue weighted by Crippen LogP contribution is -2.45. The number of ether oxygens (including phenoxy) is 3. The zero-order valence-corrected chi connectivity index (χ0v) is 16.2. The summed E-state index contributed by atoms with van der Waals surface area (Å²) in [7, 11) is 2.93. The molecular weight excluding hydrogens is 366 g/mol. The minimum Gasteiger partial charge on any atom is -0.497 e. The highest BCUT2D eigenvalue weighted by molar-refractivity contribution is 6.01. The quantitative estimate of drug-likeness (QED) is 0.519. The van der Waals surface area contributed by atoms with Gasteiger partial charge in [-0.25, -0.2) is 4.79 Å². The average Bonchev–Trinajstić information content (AvgIpc) is 3.23. The topological polar surface area (TPSA) is 104 Å². The number of amides is 1. The van der Waals surface area contributed by atoms with Crippen LogP contribution >= 0.6 is 0 Å². The molecule has 0 aliphatic carbocycles. The van der Waals surface area contributed by atoms with Crippen LogP contribution in [0.25, 0.3) is 0 Å². The fraction of sp³-hybridized carbons (Fsp3) is 0.350. The Balaban J connectivity index is 2.02. The second-order valence-electron chi connectivity index (χ2n) is 6.27. The number of benzene rings is 1. The van der Waals surface area contributed by atoms with Gasteiger partial charge in [0.25, 0.3) is 5.91 Å². The number of esters is 1. The summed E-state index contributed by atoms with van der Waals surface area (Å²) in [5.41, 5.74) is 0.261. The summed E-state index contributed by atoms with van der Waals surface area (Å²) < 4.78 is 20.4. The molecule has 0 aliphatic heterocycles. The van der Waals surface area contributed by atoms with Gasteiger partial charge in [-0.05, 0) is 30.2 Å². The molecule has 8 heteroatoms. The van der Waals surface area contributed by atoms with Crippen LogP contribution in [0.2, 0.25) is 0 Å². The van der Waals surface area contributed by atoms with E-state index in [4.69, 9.17) is 18.6 Å². The van der Waals surface area contributed by atoms with E-state index in [1.165, 1.54) is 32.6 Å². The maximum Gasteiger partial charge on any atom is 0.329 e. The molecule has 0 saturated carbocycles. The van der Waals surface area contributed by atoms with Crippen molar-refractivity contribution < 1.29 is 33.0 Å². The fourth-order valence-electron chi connectivity index (χ4n) is 2.45. The summed E-state index contributed by atoms with van der Waals surface area (Å²) >= 11 is 0. The van der Waals surface area contributed by atoms with E-state index in [9.17, 15) is 14.4 Å². The highest BCUT2D eigenvalue weighted by Crippen LogP contribution is 2.25. The SMILES string of the molecule is COc1ccc(C(=O)COC(=O)[C@@H](NC(=O)c2ccco2)C(C)C)c(OC)c1. The molecule has 0 aliphatic rings. The van der Waals surface area contributed by atoms with E-state index in [-0.39, 0.29) is 17.2 Å². The van der Waals surface area contributed by atoms with Crippen LogP contribution in [0.5, 0.6) is 11.5 Å². The first-order valence-electron chi connectivity index (χ1n) is 8.63. The molecular formula is C20H23NO7. The van der Waals surface area contributed by atoms with E-state index in [1.807, 2.05) is 0 Å². The number of hydrogen-bond donors (Lipinski definition) is 1. The molecule has 1 heterocycles. The van der Waals surface area contributed by atoms with Gasteiger partial charge in [0.15, 0.2) is 12.4 Å². The Morgan fingerprint density at radius 1 is 1.11 bits per heavy atom. The minimum absolute atomic E-state index is 0.0810. The summed E-state index contributed by atoms with van der Waals surface area (Å²) in [6.45, 7) is 3.02. The van der Waals surface area contributed by atoms with Gasteiger partial charge in [-0.3, -0.25) is 9.59 Å². The molecule has 1 atom stereocenters. The van der Waals surface area contributed by atoms with Gasteiger partial charge in [-0.15, -0.1) is 0 Å². The summed E-state index contributed by atoms with van der Waals surface area (Å²) in [5, 5.41) is 2.56. The van der Waals surface area contributed by atoms with Crippen molar-refractivity contribution in [1.29, 1.82) is 0 Å². The monoisotopic (exact) mass is 389 g/mol. The average molecular weight is 389 g/mol. The molecule has 150 valence electrons. The fourth-order valence-corrected chi connectivity index (χ4v) is 2.45. The first kappa shape index (κ1) is 21.0. The lowest BCUT2D eigenvalue weighted by atomic mass is 10.0. The van der Waals surface area contributed by atoms with Crippen LogP contribution in [0.4, 0.5) is 0 Å². The Morgan fingerprint density at radius 2 is 1.86 bits per heavy atom. The predicted octanol–water partition coefficient (Wildman–Crippen LogP) is 2.48. The summed E-state index contributed by atoms with van der Waals surface area (Å²) in [4.78, 5) is 37.0. The molecule has 1 amide bonds. The first-order chi connectivity index (χ1) is 13.4. The van der Waals surface area contributed by atoms with Gasteiger partial charge < -0.3 is 23.9 Å². The Hall–Kier alpha value is -3.29. The van der Waals surface area contributed by atoms with Crippen LogP contribution in [-0.2, 0) is 9.53 Å². The van der Waals surface area contributed by atoms with Gasteiger partial charge in [-0.2, -0.15) is 0 Å². The van der Waals surface area contributed by atoms with Crippen molar-refractivity contribution in [3.8, 4) is 11.5 Å². The lowest BCUT2D eigenvalue weighted by Gasteiger charge is -2.20. The molecule has 1 N–H and O–H groups in total. The first-order valence-corrected chi connectivity index (χ1v) is 8.63. The Morgan fingerprint density at radius 3 is 2.43 bits per heavy atom. The Kier molecular flexibility index (Phi) is 7.20. The molecule has 0 radical (unpaired) electrons. The number of carbonyl (C=O) groups excluding carboxylic acids is 3. The standard InChI is InChI=1S/C20H23NO7/c1-12(2)18(21-19(23)16-6-5-9-27-16)20(24)28-11-15(22)14-8-7-13(25-3)10-17(14)26-4/h5-10,12,18H,11H2,1-4H3,(H,21,23)/t18-/m0/s1. The van der Waals surface area contributed by atoms with Gasteiger partial charge >= 0.3 is 5.97 Å². The summed E-state index contributed by atoms with van der Waals surface area (Å²) in [6.07, 6.45) is 1.36. The summed E-state index contributed by atoms with van der Waals surface area (Å²) in [6, 6.07) is 6.83.